The average Bonchev–Trinajstić information content (AvgIpc) is 2.81. The van der Waals surface area contributed by atoms with Gasteiger partial charge in [-0.1, -0.05) is 27.2 Å². The van der Waals surface area contributed by atoms with Crippen LogP contribution in [0.5, 0.6) is 5.75 Å². The Labute approximate surface area is 132 Å². The zero-order valence-corrected chi connectivity index (χ0v) is 14.0. The molecule has 1 heterocycles. The molecule has 4 heteroatoms. The van der Waals surface area contributed by atoms with Gasteiger partial charge < -0.3 is 4.74 Å². The number of hydrogen-bond acceptors (Lipinski definition) is 2. The minimum Gasteiger partial charge on any atom is -0.497 e. The molecule has 120 valence electrons. The van der Waals surface area contributed by atoms with Gasteiger partial charge in [0.1, 0.15) is 5.75 Å². The van der Waals surface area contributed by atoms with Crippen molar-refractivity contribution < 1.29 is 4.74 Å². The number of rotatable bonds is 7. The van der Waals surface area contributed by atoms with Crippen molar-refractivity contribution in [3.8, 4) is 11.4 Å². The third kappa shape index (κ3) is 3.62. The Morgan fingerprint density at radius 3 is 2.45 bits per heavy atom. The summed E-state index contributed by atoms with van der Waals surface area (Å²) >= 11 is 0. The Morgan fingerprint density at radius 1 is 1.23 bits per heavy atom. The van der Waals surface area contributed by atoms with Crippen molar-refractivity contribution >= 4 is 0 Å². The molecule has 1 aromatic heterocycles. The lowest BCUT2D eigenvalue weighted by molar-refractivity contribution is 0.414. The van der Waals surface area contributed by atoms with Gasteiger partial charge in [0, 0.05) is 11.3 Å². The molecule has 2 aromatic rings. The highest BCUT2D eigenvalue weighted by atomic mass is 16.5. The van der Waals surface area contributed by atoms with E-state index in [0.717, 1.165) is 48.4 Å². The van der Waals surface area contributed by atoms with Crippen molar-refractivity contribution in [2.45, 2.75) is 46.5 Å². The summed E-state index contributed by atoms with van der Waals surface area (Å²) in [6.07, 6.45) is 3.93. The second kappa shape index (κ2) is 7.34. The second-order valence-corrected chi connectivity index (χ2v) is 6.10. The molecule has 0 aliphatic heterocycles. The first-order valence-corrected chi connectivity index (χ1v) is 8.04. The van der Waals surface area contributed by atoms with E-state index in [1.54, 1.807) is 7.11 Å². The van der Waals surface area contributed by atoms with Gasteiger partial charge in [0.05, 0.1) is 12.8 Å². The van der Waals surface area contributed by atoms with Crippen molar-refractivity contribution in [3.63, 3.8) is 0 Å². The van der Waals surface area contributed by atoms with Gasteiger partial charge in [-0.25, -0.2) is 0 Å². The van der Waals surface area contributed by atoms with Crippen molar-refractivity contribution in [3.05, 3.63) is 45.9 Å². The van der Waals surface area contributed by atoms with E-state index in [4.69, 9.17) is 4.74 Å². The summed E-state index contributed by atoms with van der Waals surface area (Å²) in [5.41, 5.74) is 3.06. The van der Waals surface area contributed by atoms with Crippen LogP contribution in [0.2, 0.25) is 0 Å². The molecule has 0 aliphatic carbocycles. The van der Waals surface area contributed by atoms with Crippen molar-refractivity contribution in [1.29, 1.82) is 0 Å². The third-order valence-corrected chi connectivity index (χ3v) is 3.82. The molecule has 1 aromatic carbocycles. The molecule has 0 amide bonds. The molecule has 0 saturated heterocycles. The number of unbranched alkanes of at least 4 members (excludes halogenated alkanes) is 1. The first-order chi connectivity index (χ1) is 10.6. The zero-order chi connectivity index (χ0) is 16.1. The maximum atomic E-state index is 12.4. The Morgan fingerprint density at radius 2 is 1.91 bits per heavy atom. The number of benzene rings is 1. The van der Waals surface area contributed by atoms with Gasteiger partial charge in [0.25, 0.3) is 5.56 Å². The van der Waals surface area contributed by atoms with Crippen LogP contribution in [0, 0.1) is 5.92 Å². The van der Waals surface area contributed by atoms with E-state index in [1.165, 1.54) is 0 Å². The quantitative estimate of drug-likeness (QED) is 0.847. The lowest BCUT2D eigenvalue weighted by Gasteiger charge is -2.11. The zero-order valence-electron chi connectivity index (χ0n) is 14.0. The van der Waals surface area contributed by atoms with E-state index >= 15 is 0 Å². The fraction of sp³-hybridized carbons (Fsp3) is 0.500. The second-order valence-electron chi connectivity index (χ2n) is 6.10. The molecule has 4 nitrogen and oxygen atoms in total. The molecule has 22 heavy (non-hydrogen) atoms. The molecule has 0 spiro atoms. The van der Waals surface area contributed by atoms with Gasteiger partial charge in [0.2, 0.25) is 0 Å². The van der Waals surface area contributed by atoms with Gasteiger partial charge in [-0.3, -0.25) is 14.6 Å². The molecular formula is C18H26N2O2. The van der Waals surface area contributed by atoms with Crippen molar-refractivity contribution in [2.24, 2.45) is 5.92 Å². The summed E-state index contributed by atoms with van der Waals surface area (Å²) in [5, 5.41) is 3.00. The Balaban J connectivity index is 2.46. The highest BCUT2D eigenvalue weighted by molar-refractivity contribution is 5.39. The fourth-order valence-electron chi connectivity index (χ4n) is 2.68. The lowest BCUT2D eigenvalue weighted by Crippen LogP contribution is -2.10. The average molecular weight is 302 g/mol. The van der Waals surface area contributed by atoms with Crippen LogP contribution < -0.4 is 10.3 Å². The summed E-state index contributed by atoms with van der Waals surface area (Å²) in [6, 6.07) is 7.78. The van der Waals surface area contributed by atoms with Crippen LogP contribution in [0.4, 0.5) is 0 Å². The minimum atomic E-state index is 0.0376. The molecule has 0 bridgehead atoms. The van der Waals surface area contributed by atoms with Gasteiger partial charge in [-0.15, -0.1) is 0 Å². The van der Waals surface area contributed by atoms with E-state index < -0.39 is 0 Å². The minimum absolute atomic E-state index is 0.0376. The summed E-state index contributed by atoms with van der Waals surface area (Å²) in [7, 11) is 1.65. The van der Waals surface area contributed by atoms with Crippen LogP contribution in [-0.2, 0) is 12.8 Å². The number of methoxy groups -OCH3 is 1. The van der Waals surface area contributed by atoms with Gasteiger partial charge >= 0.3 is 0 Å². The van der Waals surface area contributed by atoms with Crippen LogP contribution in [0.3, 0.4) is 0 Å². The van der Waals surface area contributed by atoms with Gasteiger partial charge in [-0.05, 0) is 49.4 Å². The maximum Gasteiger partial charge on any atom is 0.267 e. The summed E-state index contributed by atoms with van der Waals surface area (Å²) in [5.74, 6) is 1.28. The number of nitrogens with one attached hydrogen (secondary N) is 1. The smallest absolute Gasteiger partial charge is 0.267 e. The van der Waals surface area contributed by atoms with E-state index in [9.17, 15) is 4.79 Å². The molecule has 0 atom stereocenters. The Bertz CT molecular complexity index is 651. The largest absolute Gasteiger partial charge is 0.497 e. The van der Waals surface area contributed by atoms with Crippen LogP contribution in [0.15, 0.2) is 29.1 Å². The standard InChI is InChI=1S/C18H26N2O2/c1-5-6-7-17-16(12-13(2)3)18(21)19-20(17)14-8-10-15(22-4)11-9-14/h8-11,13H,5-7,12H2,1-4H3,(H,19,21). The molecule has 0 unspecified atom stereocenters. The van der Waals surface area contributed by atoms with E-state index in [0.29, 0.717) is 5.92 Å². The van der Waals surface area contributed by atoms with Crippen molar-refractivity contribution in [1.82, 2.24) is 9.78 Å². The normalized spacial score (nSPS) is 11.1. The third-order valence-electron chi connectivity index (χ3n) is 3.82. The van der Waals surface area contributed by atoms with Crippen LogP contribution >= 0.6 is 0 Å². The first kappa shape index (κ1) is 16.4. The van der Waals surface area contributed by atoms with Gasteiger partial charge in [0.15, 0.2) is 0 Å². The molecular weight excluding hydrogens is 276 g/mol. The summed E-state index contributed by atoms with van der Waals surface area (Å²) < 4.78 is 7.14. The number of nitrogens with zero attached hydrogens (tertiary/aromatic N) is 1. The molecule has 0 saturated carbocycles. The van der Waals surface area contributed by atoms with Crippen molar-refractivity contribution in [2.75, 3.05) is 7.11 Å². The predicted molar refractivity (Wildman–Crippen MR) is 90.1 cm³/mol. The van der Waals surface area contributed by atoms with E-state index in [2.05, 4.69) is 25.9 Å². The Hall–Kier alpha value is -1.97. The topological polar surface area (TPSA) is 47.0 Å². The Kier molecular flexibility index (Phi) is 5.47. The molecule has 0 aliphatic rings. The number of aromatic nitrogens is 2. The monoisotopic (exact) mass is 302 g/mol. The molecule has 2 rings (SSSR count). The van der Waals surface area contributed by atoms with E-state index in [1.807, 2.05) is 28.9 Å². The van der Waals surface area contributed by atoms with Crippen LogP contribution in [0.25, 0.3) is 5.69 Å². The summed E-state index contributed by atoms with van der Waals surface area (Å²) in [6.45, 7) is 6.46. The highest BCUT2D eigenvalue weighted by Crippen LogP contribution is 2.19. The molecule has 0 radical (unpaired) electrons. The summed E-state index contributed by atoms with van der Waals surface area (Å²) in [4.78, 5) is 12.4. The van der Waals surface area contributed by atoms with Gasteiger partial charge in [-0.2, -0.15) is 0 Å². The number of ether oxygens (including phenoxy) is 1. The predicted octanol–water partition coefficient (Wildman–Crippen LogP) is 3.72. The van der Waals surface area contributed by atoms with Crippen LogP contribution in [-0.4, -0.2) is 16.9 Å². The molecule has 0 fully saturated rings. The van der Waals surface area contributed by atoms with Crippen LogP contribution in [0.1, 0.15) is 44.9 Å². The number of aromatic amines is 1. The highest BCUT2D eigenvalue weighted by Gasteiger charge is 2.16. The van der Waals surface area contributed by atoms with E-state index in [-0.39, 0.29) is 5.56 Å². The molecule has 1 N–H and O–H groups in total. The first-order valence-electron chi connectivity index (χ1n) is 8.04. The maximum absolute atomic E-state index is 12.4. The number of hydrogen-bond donors (Lipinski definition) is 1. The fourth-order valence-corrected chi connectivity index (χ4v) is 2.68. The number of H-pyrrole nitrogens is 1. The lowest BCUT2D eigenvalue weighted by atomic mass is 10.0. The SMILES string of the molecule is CCCCc1c(CC(C)C)c(=O)[nH]n1-c1ccc(OC)cc1.